The Morgan fingerprint density at radius 3 is 2.45 bits per heavy atom. The predicted molar refractivity (Wildman–Crippen MR) is 117 cm³/mol. The van der Waals surface area contributed by atoms with E-state index in [1.165, 1.54) is 19.1 Å². The van der Waals surface area contributed by atoms with Crippen LogP contribution in [0.2, 0.25) is 0 Å². The Morgan fingerprint density at radius 2 is 1.85 bits per heavy atom. The van der Waals surface area contributed by atoms with Crippen LogP contribution in [0.5, 0.6) is 0 Å². The number of hydrogen-bond donors (Lipinski definition) is 2. The minimum absolute atomic E-state index is 0.0601. The van der Waals surface area contributed by atoms with Gasteiger partial charge in [0, 0.05) is 55.8 Å². The second-order valence-electron chi connectivity index (χ2n) is 9.01. The van der Waals surface area contributed by atoms with Crippen LogP contribution in [0.1, 0.15) is 36.6 Å². The zero-order valence-electron chi connectivity index (χ0n) is 18.7. The van der Waals surface area contributed by atoms with E-state index in [9.17, 15) is 23.1 Å². The molecule has 1 unspecified atom stereocenters. The van der Waals surface area contributed by atoms with Crippen LogP contribution in [0.4, 0.5) is 13.2 Å². The Hall–Kier alpha value is -2.43. The third kappa shape index (κ3) is 5.39. The maximum Gasteiger partial charge on any atom is 0.416 e. The molecule has 180 valence electrons. The van der Waals surface area contributed by atoms with E-state index in [-0.39, 0.29) is 18.5 Å². The Kier molecular flexibility index (Phi) is 6.78. The second-order valence-corrected chi connectivity index (χ2v) is 9.01. The molecule has 4 rings (SSSR count). The average Bonchev–Trinajstić information content (AvgIpc) is 3.12. The summed E-state index contributed by atoms with van der Waals surface area (Å²) in [4.78, 5) is 15.9. The number of nitrogens with two attached hydrogens (primary N) is 1. The summed E-state index contributed by atoms with van der Waals surface area (Å²) in [5.74, 6) is -0.0601. The Balaban J connectivity index is 1.58. The minimum Gasteiger partial charge on any atom is -0.390 e. The number of aromatic nitrogens is 2. The highest BCUT2D eigenvalue weighted by Gasteiger charge is 2.31. The van der Waals surface area contributed by atoms with Crippen molar-refractivity contribution in [2.24, 2.45) is 5.73 Å². The molecule has 0 saturated carbocycles. The van der Waals surface area contributed by atoms with Gasteiger partial charge in [0.15, 0.2) is 0 Å². The molecule has 0 aliphatic carbocycles. The van der Waals surface area contributed by atoms with Gasteiger partial charge in [0.05, 0.1) is 23.9 Å². The van der Waals surface area contributed by atoms with Gasteiger partial charge in [0.25, 0.3) is 0 Å². The molecule has 3 heterocycles. The van der Waals surface area contributed by atoms with Crippen molar-refractivity contribution >= 4 is 5.91 Å². The van der Waals surface area contributed by atoms with E-state index in [2.05, 4.69) is 4.90 Å². The van der Waals surface area contributed by atoms with Crippen LogP contribution in [0, 0.1) is 0 Å². The lowest BCUT2D eigenvalue weighted by Crippen LogP contribution is -2.44. The Bertz CT molecular complexity index is 981. The number of aliphatic hydroxyl groups excluding tert-OH is 1. The van der Waals surface area contributed by atoms with Gasteiger partial charge in [0.2, 0.25) is 5.91 Å². The number of carbonyl (C=O) groups is 1. The van der Waals surface area contributed by atoms with Crippen LogP contribution in [-0.4, -0.2) is 68.9 Å². The van der Waals surface area contributed by atoms with E-state index in [4.69, 9.17) is 10.8 Å². The molecule has 1 atom stereocenters. The highest BCUT2D eigenvalue weighted by atomic mass is 19.4. The quantitative estimate of drug-likeness (QED) is 0.708. The summed E-state index contributed by atoms with van der Waals surface area (Å²) in [5.41, 5.74) is 8.10. The molecule has 0 radical (unpaired) electrons. The highest BCUT2D eigenvalue weighted by Crippen LogP contribution is 2.34. The van der Waals surface area contributed by atoms with E-state index in [1.54, 1.807) is 9.58 Å². The van der Waals surface area contributed by atoms with Crippen molar-refractivity contribution in [3.8, 4) is 11.3 Å². The monoisotopic (exact) mass is 465 g/mol. The number of rotatable bonds is 5. The maximum absolute atomic E-state index is 13.0. The topological polar surface area (TPSA) is 87.6 Å². The molecular weight excluding hydrogens is 435 g/mol. The number of aliphatic hydroxyl groups is 1. The Morgan fingerprint density at radius 1 is 1.18 bits per heavy atom. The summed E-state index contributed by atoms with van der Waals surface area (Å²) in [6.45, 7) is 4.88. The van der Waals surface area contributed by atoms with Crippen LogP contribution in [0.15, 0.2) is 24.3 Å². The Labute approximate surface area is 191 Å². The summed E-state index contributed by atoms with van der Waals surface area (Å²) in [7, 11) is 0. The van der Waals surface area contributed by atoms with E-state index in [0.29, 0.717) is 37.3 Å². The largest absolute Gasteiger partial charge is 0.416 e. The normalized spacial score (nSPS) is 18.9. The molecule has 10 heteroatoms. The third-order valence-electron chi connectivity index (χ3n) is 6.55. The van der Waals surface area contributed by atoms with Crippen molar-refractivity contribution in [2.75, 3.05) is 26.2 Å². The van der Waals surface area contributed by atoms with Crippen LogP contribution in [-0.2, 0) is 30.5 Å². The van der Waals surface area contributed by atoms with Crippen LogP contribution >= 0.6 is 0 Å². The highest BCUT2D eigenvalue weighted by molar-refractivity contribution is 5.74. The van der Waals surface area contributed by atoms with Crippen molar-refractivity contribution in [2.45, 2.75) is 57.6 Å². The van der Waals surface area contributed by atoms with Gasteiger partial charge in [-0.1, -0.05) is 12.1 Å². The molecule has 0 bridgehead atoms. The summed E-state index contributed by atoms with van der Waals surface area (Å²) in [6.07, 6.45) is -2.67. The molecule has 2 aromatic rings. The van der Waals surface area contributed by atoms with Gasteiger partial charge in [0.1, 0.15) is 0 Å². The fourth-order valence-electron chi connectivity index (χ4n) is 4.65. The summed E-state index contributed by atoms with van der Waals surface area (Å²) < 4.78 is 40.7. The average molecular weight is 466 g/mol. The van der Waals surface area contributed by atoms with Gasteiger partial charge in [-0.25, -0.2) is 0 Å². The molecule has 0 spiro atoms. The van der Waals surface area contributed by atoms with Gasteiger partial charge in [-0.05, 0) is 38.1 Å². The summed E-state index contributed by atoms with van der Waals surface area (Å²) >= 11 is 0. The lowest BCUT2D eigenvalue weighted by Gasteiger charge is -2.31. The summed E-state index contributed by atoms with van der Waals surface area (Å²) in [5, 5.41) is 15.4. The molecule has 7 nitrogen and oxygen atoms in total. The lowest BCUT2D eigenvalue weighted by atomic mass is 10.00. The number of piperidine rings is 1. The first-order valence-corrected chi connectivity index (χ1v) is 11.3. The maximum atomic E-state index is 13.0. The molecule has 1 aromatic heterocycles. The molecule has 1 fully saturated rings. The standard InChI is InChI=1S/C23H30F3N5O2/c1-15(32)30-11-8-21-20(14-30)22(16-2-4-17(5-3-16)23(24,25)26)28-31(21)13-19(33)12-29-9-6-18(27)7-10-29/h2-5,18-19,33H,6-14,27H2,1H3. The van der Waals surface area contributed by atoms with Crippen molar-refractivity contribution in [1.82, 2.24) is 19.6 Å². The van der Waals surface area contributed by atoms with Crippen LogP contribution < -0.4 is 5.73 Å². The number of amides is 1. The number of alkyl halides is 3. The fourth-order valence-corrected chi connectivity index (χ4v) is 4.65. The number of likely N-dealkylation sites (tertiary alicyclic amines) is 1. The number of nitrogens with zero attached hydrogens (tertiary/aromatic N) is 4. The van der Waals surface area contributed by atoms with Crippen LogP contribution in [0.25, 0.3) is 11.3 Å². The smallest absolute Gasteiger partial charge is 0.390 e. The van der Waals surface area contributed by atoms with Gasteiger partial charge in [-0.3, -0.25) is 9.48 Å². The van der Waals surface area contributed by atoms with Crippen molar-refractivity contribution < 1.29 is 23.1 Å². The van der Waals surface area contributed by atoms with E-state index in [0.717, 1.165) is 49.3 Å². The molecule has 33 heavy (non-hydrogen) atoms. The van der Waals surface area contributed by atoms with Crippen molar-refractivity contribution in [3.63, 3.8) is 0 Å². The first kappa shape index (κ1) is 23.7. The first-order chi connectivity index (χ1) is 15.6. The van der Waals surface area contributed by atoms with E-state index in [1.807, 2.05) is 0 Å². The van der Waals surface area contributed by atoms with Gasteiger partial charge < -0.3 is 20.6 Å². The lowest BCUT2D eigenvalue weighted by molar-refractivity contribution is -0.137. The van der Waals surface area contributed by atoms with Gasteiger partial charge >= 0.3 is 6.18 Å². The van der Waals surface area contributed by atoms with Gasteiger partial charge in [-0.15, -0.1) is 0 Å². The molecular formula is C23H30F3N5O2. The molecule has 1 saturated heterocycles. The van der Waals surface area contributed by atoms with Crippen molar-refractivity contribution in [3.05, 3.63) is 41.1 Å². The number of halogens is 3. The molecule has 2 aliphatic heterocycles. The van der Waals surface area contributed by atoms with Crippen molar-refractivity contribution in [1.29, 1.82) is 0 Å². The van der Waals surface area contributed by atoms with E-state index < -0.39 is 17.8 Å². The SMILES string of the molecule is CC(=O)N1CCc2c(c(-c3ccc(C(F)(F)F)cc3)nn2CC(O)CN2CCC(N)CC2)C1. The number of benzene rings is 1. The first-order valence-electron chi connectivity index (χ1n) is 11.3. The predicted octanol–water partition coefficient (Wildman–Crippen LogP) is 2.26. The van der Waals surface area contributed by atoms with Crippen LogP contribution in [0.3, 0.4) is 0 Å². The van der Waals surface area contributed by atoms with Gasteiger partial charge in [-0.2, -0.15) is 18.3 Å². The number of fused-ring (bicyclic) bond motifs is 1. The number of carbonyl (C=O) groups excluding carboxylic acids is 1. The zero-order valence-corrected chi connectivity index (χ0v) is 18.7. The molecule has 3 N–H and O–H groups in total. The number of hydrogen-bond acceptors (Lipinski definition) is 5. The van der Waals surface area contributed by atoms with E-state index >= 15 is 0 Å². The third-order valence-corrected chi connectivity index (χ3v) is 6.55. The minimum atomic E-state index is -4.41. The fraction of sp³-hybridized carbons (Fsp3) is 0.565. The molecule has 1 amide bonds. The molecule has 1 aromatic carbocycles. The number of β-amino-alcohol motifs (C(OH)–C–C–N with tert-alkyl or cyclic N) is 1. The second kappa shape index (κ2) is 9.44. The molecule has 2 aliphatic rings. The summed E-state index contributed by atoms with van der Waals surface area (Å²) in [6, 6.07) is 5.13. The zero-order chi connectivity index (χ0) is 23.8.